The highest BCUT2D eigenvalue weighted by Gasteiger charge is 2.25. The quantitative estimate of drug-likeness (QED) is 0.459. The van der Waals surface area contributed by atoms with Crippen LogP contribution in [-0.4, -0.2) is 71.1 Å². The zero-order valence-corrected chi connectivity index (χ0v) is 22.5. The molecule has 2 aliphatic heterocycles. The van der Waals surface area contributed by atoms with Gasteiger partial charge in [0.15, 0.2) is 11.5 Å². The van der Waals surface area contributed by atoms with Crippen molar-refractivity contribution in [3.8, 4) is 11.3 Å². The first-order valence-corrected chi connectivity index (χ1v) is 14.0. The van der Waals surface area contributed by atoms with E-state index in [1.165, 1.54) is 31.5 Å². The minimum absolute atomic E-state index is 0.0173. The first-order chi connectivity index (χ1) is 18.5. The predicted molar refractivity (Wildman–Crippen MR) is 150 cm³/mol. The molecule has 0 spiro atoms. The van der Waals surface area contributed by atoms with Gasteiger partial charge in [-0.05, 0) is 94.8 Å². The predicted octanol–water partition coefficient (Wildman–Crippen LogP) is 4.54. The molecule has 0 radical (unpaired) electrons. The van der Waals surface area contributed by atoms with Crippen molar-refractivity contribution in [2.75, 3.05) is 45.2 Å². The van der Waals surface area contributed by atoms with E-state index in [-0.39, 0.29) is 5.91 Å². The Hall–Kier alpha value is -3.23. The Labute approximate surface area is 224 Å². The van der Waals surface area contributed by atoms with E-state index in [2.05, 4.69) is 45.3 Å². The molecule has 6 rings (SSSR count). The van der Waals surface area contributed by atoms with Crippen molar-refractivity contribution in [2.24, 2.45) is 5.92 Å². The van der Waals surface area contributed by atoms with E-state index in [1.807, 2.05) is 25.3 Å². The van der Waals surface area contributed by atoms with Crippen LogP contribution in [0.1, 0.15) is 60.1 Å². The number of fused-ring (bicyclic) bond motifs is 1. The topological polar surface area (TPSA) is 83.8 Å². The zero-order valence-electron chi connectivity index (χ0n) is 22.5. The maximum atomic E-state index is 12.7. The van der Waals surface area contributed by atoms with Gasteiger partial charge in [0, 0.05) is 29.9 Å². The van der Waals surface area contributed by atoms with Crippen LogP contribution >= 0.6 is 0 Å². The normalized spacial score (nSPS) is 18.9. The van der Waals surface area contributed by atoms with Gasteiger partial charge in [0.1, 0.15) is 0 Å². The van der Waals surface area contributed by atoms with Gasteiger partial charge < -0.3 is 20.3 Å². The van der Waals surface area contributed by atoms with Crippen LogP contribution in [0.2, 0.25) is 0 Å². The molecule has 1 aliphatic carbocycles. The molecule has 0 atom stereocenters. The molecule has 38 heavy (non-hydrogen) atoms. The van der Waals surface area contributed by atoms with Gasteiger partial charge in [0.25, 0.3) is 5.91 Å². The Morgan fingerprint density at radius 2 is 2.03 bits per heavy atom. The number of carbonyl (C=O) groups excluding carboxylic acids is 1. The highest BCUT2D eigenvalue weighted by molar-refractivity contribution is 5.96. The molecule has 2 N–H and O–H groups in total. The molecule has 0 bridgehead atoms. The molecule has 2 fully saturated rings. The number of carbonyl (C=O) groups is 1. The number of rotatable bonds is 8. The van der Waals surface area contributed by atoms with Crippen molar-refractivity contribution in [3.05, 3.63) is 53.5 Å². The van der Waals surface area contributed by atoms with Crippen LogP contribution in [0.5, 0.6) is 0 Å². The molecule has 3 aromatic rings. The number of hydrogen-bond donors (Lipinski definition) is 2. The molecule has 1 saturated heterocycles. The summed E-state index contributed by atoms with van der Waals surface area (Å²) in [6.45, 7) is 6.59. The van der Waals surface area contributed by atoms with Gasteiger partial charge >= 0.3 is 0 Å². The smallest absolute Gasteiger partial charge is 0.251 e. The fourth-order valence-electron chi connectivity index (χ4n) is 5.55. The van der Waals surface area contributed by atoms with Crippen molar-refractivity contribution in [2.45, 2.75) is 51.5 Å². The Bertz CT molecular complexity index is 1350. The molecule has 1 saturated carbocycles. The number of anilines is 1. The van der Waals surface area contributed by atoms with Crippen molar-refractivity contribution >= 4 is 22.9 Å². The SMILES string of the molecule is Cc1cc(-c2cnc3c(NCCC4CCN(C)CC4)nc(C4=CCOCC4)cn23)ccc1C(=O)NC1CC1. The lowest BCUT2D eigenvalue weighted by Gasteiger charge is -2.28. The van der Waals surface area contributed by atoms with Gasteiger partial charge in [0.05, 0.1) is 30.8 Å². The summed E-state index contributed by atoms with van der Waals surface area (Å²) in [5.41, 5.74) is 6.72. The Balaban J connectivity index is 1.29. The summed E-state index contributed by atoms with van der Waals surface area (Å²) in [6.07, 6.45) is 12.8. The number of nitrogens with one attached hydrogen (secondary N) is 2. The Kier molecular flexibility index (Phi) is 7.17. The molecule has 8 nitrogen and oxygen atoms in total. The summed E-state index contributed by atoms with van der Waals surface area (Å²) in [5.74, 6) is 1.60. The van der Waals surface area contributed by atoms with Gasteiger partial charge in [0.2, 0.25) is 0 Å². The van der Waals surface area contributed by atoms with E-state index in [1.54, 1.807) is 0 Å². The third kappa shape index (κ3) is 5.47. The summed E-state index contributed by atoms with van der Waals surface area (Å²) in [4.78, 5) is 24.9. The number of benzene rings is 1. The molecule has 200 valence electrons. The maximum absolute atomic E-state index is 12.7. The largest absolute Gasteiger partial charge is 0.377 e. The average Bonchev–Trinajstić information content (AvgIpc) is 3.64. The highest BCUT2D eigenvalue weighted by atomic mass is 16.5. The average molecular weight is 515 g/mol. The molecule has 8 heteroatoms. The van der Waals surface area contributed by atoms with Crippen LogP contribution in [0.15, 0.2) is 36.7 Å². The van der Waals surface area contributed by atoms with Crippen LogP contribution in [-0.2, 0) is 4.74 Å². The van der Waals surface area contributed by atoms with Gasteiger partial charge in [-0.15, -0.1) is 0 Å². The number of aromatic nitrogens is 3. The molecule has 1 amide bonds. The van der Waals surface area contributed by atoms with Crippen LogP contribution in [0.3, 0.4) is 0 Å². The zero-order chi connectivity index (χ0) is 26.1. The monoisotopic (exact) mass is 514 g/mol. The van der Waals surface area contributed by atoms with Gasteiger partial charge in [-0.2, -0.15) is 0 Å². The second kappa shape index (κ2) is 10.9. The first kappa shape index (κ1) is 25.1. The number of amides is 1. The molecule has 3 aliphatic rings. The molecule has 2 aromatic heterocycles. The van der Waals surface area contributed by atoms with E-state index in [0.29, 0.717) is 19.3 Å². The number of imidazole rings is 1. The fraction of sp³-hybridized carbons (Fsp3) is 0.500. The lowest BCUT2D eigenvalue weighted by molar-refractivity contribution is 0.0950. The van der Waals surface area contributed by atoms with Crippen LogP contribution in [0, 0.1) is 12.8 Å². The number of ether oxygens (including phenoxy) is 1. The number of hydrogen-bond acceptors (Lipinski definition) is 6. The van der Waals surface area contributed by atoms with Crippen molar-refractivity contribution in [3.63, 3.8) is 0 Å². The third-order valence-corrected chi connectivity index (χ3v) is 8.15. The maximum Gasteiger partial charge on any atom is 0.251 e. The minimum Gasteiger partial charge on any atom is -0.377 e. The summed E-state index contributed by atoms with van der Waals surface area (Å²) in [6, 6.07) is 6.40. The van der Waals surface area contributed by atoms with Gasteiger partial charge in [-0.3, -0.25) is 9.20 Å². The number of nitrogens with zero attached hydrogens (tertiary/aromatic N) is 4. The van der Waals surface area contributed by atoms with Crippen molar-refractivity contribution < 1.29 is 9.53 Å². The fourth-order valence-corrected chi connectivity index (χ4v) is 5.55. The van der Waals surface area contributed by atoms with E-state index in [9.17, 15) is 4.79 Å². The summed E-state index contributed by atoms with van der Waals surface area (Å²) in [7, 11) is 2.21. The van der Waals surface area contributed by atoms with E-state index in [4.69, 9.17) is 14.7 Å². The lowest BCUT2D eigenvalue weighted by Crippen LogP contribution is -2.30. The Morgan fingerprint density at radius 1 is 1.18 bits per heavy atom. The van der Waals surface area contributed by atoms with Crippen LogP contribution in [0.25, 0.3) is 22.5 Å². The number of aryl methyl sites for hydroxylation is 1. The number of piperidine rings is 1. The molecule has 1 aromatic carbocycles. The van der Waals surface area contributed by atoms with E-state index in [0.717, 1.165) is 77.7 Å². The van der Waals surface area contributed by atoms with E-state index >= 15 is 0 Å². The van der Waals surface area contributed by atoms with Crippen molar-refractivity contribution in [1.82, 2.24) is 24.6 Å². The molecular formula is C30H38N6O2. The highest BCUT2D eigenvalue weighted by Crippen LogP contribution is 2.30. The Morgan fingerprint density at radius 3 is 2.76 bits per heavy atom. The second-order valence-electron chi connectivity index (χ2n) is 11.1. The van der Waals surface area contributed by atoms with Crippen molar-refractivity contribution in [1.29, 1.82) is 0 Å². The van der Waals surface area contributed by atoms with E-state index < -0.39 is 0 Å². The second-order valence-corrected chi connectivity index (χ2v) is 11.1. The van der Waals surface area contributed by atoms with Gasteiger partial charge in [-0.1, -0.05) is 12.1 Å². The lowest BCUT2D eigenvalue weighted by atomic mass is 9.94. The minimum atomic E-state index is 0.0173. The molecule has 4 heterocycles. The summed E-state index contributed by atoms with van der Waals surface area (Å²) in [5, 5.41) is 6.73. The number of likely N-dealkylation sites (tertiary alicyclic amines) is 1. The first-order valence-electron chi connectivity index (χ1n) is 14.0. The molecule has 0 unspecified atom stereocenters. The standard InChI is InChI=1S/C30H38N6O2/c1-20-17-23(3-6-25(20)30(37)33-24-4-5-24)27-18-32-29-28(31-12-7-21-8-13-35(2)14-9-21)34-26(19-36(27)29)22-10-15-38-16-11-22/h3,6,10,17-19,21,24H,4-5,7-9,11-16H2,1-2H3,(H,31,34)(H,33,37). The third-order valence-electron chi connectivity index (χ3n) is 8.15. The summed E-state index contributed by atoms with van der Waals surface area (Å²) < 4.78 is 7.70. The van der Waals surface area contributed by atoms with Crippen LogP contribution < -0.4 is 10.6 Å². The molecular weight excluding hydrogens is 476 g/mol. The van der Waals surface area contributed by atoms with Crippen LogP contribution in [0.4, 0.5) is 5.82 Å². The van der Waals surface area contributed by atoms with Gasteiger partial charge in [-0.25, -0.2) is 9.97 Å². The summed E-state index contributed by atoms with van der Waals surface area (Å²) >= 11 is 0.